The van der Waals surface area contributed by atoms with Crippen molar-refractivity contribution in [1.29, 1.82) is 5.26 Å². The van der Waals surface area contributed by atoms with Crippen molar-refractivity contribution in [2.75, 3.05) is 0 Å². The molecular weight excluding hydrogens is 246 g/mol. The van der Waals surface area contributed by atoms with Crippen LogP contribution in [0.25, 0.3) is 0 Å². The molecule has 1 aromatic carbocycles. The normalized spacial score (nSPS) is 32.6. The van der Waals surface area contributed by atoms with Crippen LogP contribution in [0.5, 0.6) is 0 Å². The van der Waals surface area contributed by atoms with E-state index in [4.69, 9.17) is 10.00 Å². The molecule has 1 aliphatic carbocycles. The smallest absolute Gasteiger partial charge is 0.0991 e. The van der Waals surface area contributed by atoms with Gasteiger partial charge in [0.25, 0.3) is 0 Å². The predicted molar refractivity (Wildman–Crippen MR) is 79.4 cm³/mol. The van der Waals surface area contributed by atoms with Crippen LogP contribution >= 0.6 is 0 Å². The Hall–Kier alpha value is -1.33. The monoisotopic (exact) mass is 269 g/mol. The second kappa shape index (κ2) is 5.97. The van der Waals surface area contributed by atoms with E-state index in [1.165, 1.54) is 44.1 Å². The quantitative estimate of drug-likeness (QED) is 0.760. The average molecular weight is 269 g/mol. The SMILES string of the molecule is C[C@@H]1O[C@H]1CCC1CCC(c2ccc(C#N)cc2)CC1. The first-order valence-corrected chi connectivity index (χ1v) is 7.92. The molecule has 1 saturated carbocycles. The van der Waals surface area contributed by atoms with Gasteiger partial charge in [-0.2, -0.15) is 5.26 Å². The summed E-state index contributed by atoms with van der Waals surface area (Å²) in [6.45, 7) is 2.17. The van der Waals surface area contributed by atoms with E-state index in [-0.39, 0.29) is 0 Å². The number of rotatable bonds is 4. The van der Waals surface area contributed by atoms with Crippen LogP contribution in [0.1, 0.15) is 62.5 Å². The maximum atomic E-state index is 8.84. The minimum atomic E-state index is 0.519. The zero-order chi connectivity index (χ0) is 13.9. The second-order valence-corrected chi connectivity index (χ2v) is 6.41. The van der Waals surface area contributed by atoms with E-state index in [1.807, 2.05) is 12.1 Å². The first-order chi connectivity index (χ1) is 9.76. The molecule has 2 atom stereocenters. The molecule has 3 rings (SSSR count). The summed E-state index contributed by atoms with van der Waals surface area (Å²) in [6.07, 6.45) is 8.99. The van der Waals surface area contributed by atoms with Crippen LogP contribution in [0.15, 0.2) is 24.3 Å². The zero-order valence-corrected chi connectivity index (χ0v) is 12.2. The summed E-state index contributed by atoms with van der Waals surface area (Å²) in [5, 5.41) is 8.84. The van der Waals surface area contributed by atoms with Crippen LogP contribution in [0.3, 0.4) is 0 Å². The fourth-order valence-electron chi connectivity index (χ4n) is 3.55. The van der Waals surface area contributed by atoms with Gasteiger partial charge in [-0.05, 0) is 75.0 Å². The Kier molecular flexibility index (Phi) is 4.08. The number of nitrogens with zero attached hydrogens (tertiary/aromatic N) is 1. The fraction of sp³-hybridized carbons (Fsp3) is 0.611. The van der Waals surface area contributed by atoms with E-state index in [0.717, 1.165) is 11.5 Å². The molecular formula is C18H23NO. The van der Waals surface area contributed by atoms with Gasteiger partial charge in [-0.25, -0.2) is 0 Å². The predicted octanol–water partition coefficient (Wildman–Crippen LogP) is 4.40. The summed E-state index contributed by atoms with van der Waals surface area (Å²) in [6, 6.07) is 10.4. The van der Waals surface area contributed by atoms with Crippen molar-refractivity contribution in [1.82, 2.24) is 0 Å². The number of nitriles is 1. The minimum absolute atomic E-state index is 0.519. The van der Waals surface area contributed by atoms with E-state index in [9.17, 15) is 0 Å². The Morgan fingerprint density at radius 2 is 1.75 bits per heavy atom. The number of hydrogen-bond donors (Lipinski definition) is 0. The van der Waals surface area contributed by atoms with E-state index in [1.54, 1.807) is 0 Å². The Labute approximate surface area is 121 Å². The van der Waals surface area contributed by atoms with Crippen LogP contribution in [0, 0.1) is 17.2 Å². The Morgan fingerprint density at radius 1 is 1.10 bits per heavy atom. The first-order valence-electron chi connectivity index (χ1n) is 7.92. The third-order valence-electron chi connectivity index (χ3n) is 5.05. The number of benzene rings is 1. The molecule has 0 aromatic heterocycles. The van der Waals surface area contributed by atoms with Crippen LogP contribution in [0.2, 0.25) is 0 Å². The third kappa shape index (κ3) is 3.22. The van der Waals surface area contributed by atoms with Crippen LogP contribution < -0.4 is 0 Å². The maximum absolute atomic E-state index is 8.84. The molecule has 2 aliphatic rings. The average Bonchev–Trinajstić information content (AvgIpc) is 3.21. The Bertz CT molecular complexity index is 479. The number of hydrogen-bond acceptors (Lipinski definition) is 2. The molecule has 106 valence electrons. The van der Waals surface area contributed by atoms with Gasteiger partial charge in [-0.3, -0.25) is 0 Å². The summed E-state index contributed by atoms with van der Waals surface area (Å²) >= 11 is 0. The van der Waals surface area contributed by atoms with Crippen molar-refractivity contribution in [2.24, 2.45) is 5.92 Å². The Balaban J connectivity index is 1.46. The molecule has 1 heterocycles. The molecule has 20 heavy (non-hydrogen) atoms. The van der Waals surface area contributed by atoms with Gasteiger partial charge >= 0.3 is 0 Å². The van der Waals surface area contributed by atoms with E-state index in [2.05, 4.69) is 25.1 Å². The molecule has 2 heteroatoms. The van der Waals surface area contributed by atoms with Crippen LogP contribution in [-0.4, -0.2) is 12.2 Å². The lowest BCUT2D eigenvalue weighted by Crippen LogP contribution is -2.14. The van der Waals surface area contributed by atoms with Gasteiger partial charge in [0.15, 0.2) is 0 Å². The molecule has 0 amide bonds. The lowest BCUT2D eigenvalue weighted by Gasteiger charge is -2.28. The molecule has 0 N–H and O–H groups in total. The van der Waals surface area contributed by atoms with Crippen molar-refractivity contribution in [3.05, 3.63) is 35.4 Å². The molecule has 2 nitrogen and oxygen atoms in total. The summed E-state index contributed by atoms with van der Waals surface area (Å²) in [5.41, 5.74) is 2.18. The summed E-state index contributed by atoms with van der Waals surface area (Å²) in [5.74, 6) is 1.61. The summed E-state index contributed by atoms with van der Waals surface area (Å²) in [7, 11) is 0. The first kappa shape index (κ1) is 13.6. The molecule has 0 unspecified atom stereocenters. The van der Waals surface area contributed by atoms with E-state index in [0.29, 0.717) is 18.1 Å². The van der Waals surface area contributed by atoms with E-state index >= 15 is 0 Å². The number of ether oxygens (including phenoxy) is 1. The zero-order valence-electron chi connectivity index (χ0n) is 12.2. The molecule has 0 spiro atoms. The lowest BCUT2D eigenvalue weighted by molar-refractivity contribution is 0.287. The highest BCUT2D eigenvalue weighted by molar-refractivity contribution is 5.33. The van der Waals surface area contributed by atoms with Crippen molar-refractivity contribution in [2.45, 2.75) is 63.6 Å². The summed E-state index contributed by atoms with van der Waals surface area (Å²) < 4.78 is 5.49. The van der Waals surface area contributed by atoms with E-state index < -0.39 is 0 Å². The lowest BCUT2D eigenvalue weighted by atomic mass is 9.77. The van der Waals surface area contributed by atoms with Gasteiger partial charge < -0.3 is 4.74 Å². The van der Waals surface area contributed by atoms with Gasteiger partial charge in [0.2, 0.25) is 0 Å². The highest BCUT2D eigenvalue weighted by Gasteiger charge is 2.34. The van der Waals surface area contributed by atoms with Gasteiger partial charge in [-0.15, -0.1) is 0 Å². The van der Waals surface area contributed by atoms with Crippen LogP contribution in [0.4, 0.5) is 0 Å². The highest BCUT2D eigenvalue weighted by Crippen LogP contribution is 2.39. The maximum Gasteiger partial charge on any atom is 0.0991 e. The number of epoxide rings is 1. The van der Waals surface area contributed by atoms with Crippen molar-refractivity contribution in [3.63, 3.8) is 0 Å². The largest absolute Gasteiger partial charge is 0.370 e. The molecule has 1 aromatic rings. The van der Waals surface area contributed by atoms with Crippen molar-refractivity contribution >= 4 is 0 Å². The standard InChI is InChI=1S/C18H23NO/c1-13-18(20-13)11-6-14-2-7-16(8-3-14)17-9-4-15(12-19)5-10-17/h4-5,9-10,13-14,16,18H,2-3,6-8,11H2,1H3/t13-,14?,16?,18-/m0/s1. The summed E-state index contributed by atoms with van der Waals surface area (Å²) in [4.78, 5) is 0. The van der Waals surface area contributed by atoms with Crippen molar-refractivity contribution < 1.29 is 4.74 Å². The third-order valence-corrected chi connectivity index (χ3v) is 5.05. The van der Waals surface area contributed by atoms with Gasteiger partial charge in [-0.1, -0.05) is 12.1 Å². The van der Waals surface area contributed by atoms with Gasteiger partial charge in [0.05, 0.1) is 23.8 Å². The molecule has 1 saturated heterocycles. The highest BCUT2D eigenvalue weighted by atomic mass is 16.6. The second-order valence-electron chi connectivity index (χ2n) is 6.41. The molecule has 0 bridgehead atoms. The molecule has 1 aliphatic heterocycles. The van der Waals surface area contributed by atoms with Crippen molar-refractivity contribution in [3.8, 4) is 6.07 Å². The van der Waals surface area contributed by atoms with Gasteiger partial charge in [0, 0.05) is 0 Å². The fourth-order valence-corrected chi connectivity index (χ4v) is 3.55. The Morgan fingerprint density at radius 3 is 2.30 bits per heavy atom. The molecule has 0 radical (unpaired) electrons. The van der Waals surface area contributed by atoms with Gasteiger partial charge in [0.1, 0.15) is 0 Å². The molecule has 2 fully saturated rings. The van der Waals surface area contributed by atoms with Crippen LogP contribution in [-0.2, 0) is 4.74 Å². The topological polar surface area (TPSA) is 36.3 Å². The minimum Gasteiger partial charge on any atom is -0.370 e.